The molecule has 0 aliphatic carbocycles. The van der Waals surface area contributed by atoms with Crippen LogP contribution in [-0.4, -0.2) is 19.9 Å². The van der Waals surface area contributed by atoms with E-state index in [2.05, 4.69) is 11.1 Å². The fourth-order valence-corrected chi connectivity index (χ4v) is 4.93. The summed E-state index contributed by atoms with van der Waals surface area (Å²) in [5.74, 6) is -0.842. The van der Waals surface area contributed by atoms with Crippen molar-refractivity contribution in [2.45, 2.75) is 13.8 Å². The average Bonchev–Trinajstić information content (AvgIpc) is 3.41. The largest absolute Gasteiger partial charge is 0.506 e. The van der Waals surface area contributed by atoms with Crippen molar-refractivity contribution >= 4 is 16.8 Å². The molecule has 0 aliphatic rings. The normalized spacial score (nSPS) is 11.1. The number of hydrogen-bond donors (Lipinski definition) is 2. The highest BCUT2D eigenvalue weighted by Gasteiger charge is 2.25. The van der Waals surface area contributed by atoms with Gasteiger partial charge in [-0.05, 0) is 67.4 Å². The van der Waals surface area contributed by atoms with Crippen LogP contribution >= 0.6 is 0 Å². The Balaban J connectivity index is 1.65. The van der Waals surface area contributed by atoms with Crippen molar-refractivity contribution in [1.29, 1.82) is 5.26 Å². The molecule has 3 N–H and O–H groups in total. The van der Waals surface area contributed by atoms with Gasteiger partial charge < -0.3 is 15.3 Å². The van der Waals surface area contributed by atoms with Crippen LogP contribution in [0.1, 0.15) is 16.7 Å². The van der Waals surface area contributed by atoms with E-state index in [1.165, 1.54) is 18.2 Å². The first kappa shape index (κ1) is 25.5. The molecule has 0 amide bonds. The summed E-state index contributed by atoms with van der Waals surface area (Å²) in [4.78, 5) is 17.5. The summed E-state index contributed by atoms with van der Waals surface area (Å²) in [7, 11) is 0. The molecule has 0 saturated heterocycles. The lowest BCUT2D eigenvalue weighted by molar-refractivity contribution is 0.470. The Bertz CT molecular complexity index is 2070. The zero-order valence-corrected chi connectivity index (χ0v) is 22.0. The first-order valence-electron chi connectivity index (χ1n) is 12.6. The number of para-hydroxylation sites is 1. The molecule has 3 heterocycles. The first-order valence-corrected chi connectivity index (χ1v) is 12.6. The number of hydrogen-bond acceptors (Lipinski definition) is 7. The quantitative estimate of drug-likeness (QED) is 0.250. The molecule has 0 radical (unpaired) electrons. The standard InChI is InChI=1S/C32H22FN5O3/c1-17-8-9-18(2)30-26(17)29(39)27(32(40)41-30)25-14-22(23(15-34)31(35)36-25)24-16-38(21-6-4-3-5-7-21)37-28(24)19-10-12-20(33)13-11-19/h3-14,16,39H,1-2H3,(H2,35,36). The highest BCUT2D eigenvalue weighted by Crippen LogP contribution is 2.40. The summed E-state index contributed by atoms with van der Waals surface area (Å²) < 4.78 is 21.1. The van der Waals surface area contributed by atoms with Crippen molar-refractivity contribution in [1.82, 2.24) is 14.8 Å². The van der Waals surface area contributed by atoms with Crippen LogP contribution in [-0.2, 0) is 0 Å². The maximum Gasteiger partial charge on any atom is 0.349 e. The van der Waals surface area contributed by atoms with Gasteiger partial charge in [0.25, 0.3) is 0 Å². The number of rotatable bonds is 4. The predicted octanol–water partition coefficient (Wildman–Crippen LogP) is 6.29. The van der Waals surface area contributed by atoms with Gasteiger partial charge in [0, 0.05) is 22.9 Å². The van der Waals surface area contributed by atoms with Gasteiger partial charge in [-0.1, -0.05) is 30.3 Å². The number of nitrogens with two attached hydrogens (primary N) is 1. The summed E-state index contributed by atoms with van der Waals surface area (Å²) in [6.45, 7) is 3.57. The van der Waals surface area contributed by atoms with Crippen molar-refractivity contribution in [3.8, 4) is 51.1 Å². The Morgan fingerprint density at radius 1 is 1.00 bits per heavy atom. The molecule has 0 fully saturated rings. The molecule has 0 saturated carbocycles. The van der Waals surface area contributed by atoms with Gasteiger partial charge in [0.2, 0.25) is 0 Å². The molecular weight excluding hydrogens is 521 g/mol. The summed E-state index contributed by atoms with van der Waals surface area (Å²) in [6.07, 6.45) is 1.73. The number of benzene rings is 3. The van der Waals surface area contributed by atoms with E-state index in [1.54, 1.807) is 42.9 Å². The third kappa shape index (κ3) is 4.28. The Morgan fingerprint density at radius 2 is 1.71 bits per heavy atom. The number of aromatic hydroxyl groups is 1. The fourth-order valence-electron chi connectivity index (χ4n) is 4.93. The van der Waals surface area contributed by atoms with E-state index in [1.807, 2.05) is 36.4 Å². The number of nitrogens with zero attached hydrogens (tertiary/aromatic N) is 4. The van der Waals surface area contributed by atoms with Crippen molar-refractivity contribution in [2.24, 2.45) is 0 Å². The SMILES string of the molecule is Cc1ccc(C)c2c(O)c(-c3cc(-c4cn(-c5ccccc5)nc4-c4ccc(F)cc4)c(C#N)c(N)n3)c(=O)oc12. The molecular formula is C32H22FN5O3. The highest BCUT2D eigenvalue weighted by molar-refractivity contribution is 5.95. The van der Waals surface area contributed by atoms with E-state index in [9.17, 15) is 19.6 Å². The molecule has 3 aromatic carbocycles. The maximum absolute atomic E-state index is 13.8. The summed E-state index contributed by atoms with van der Waals surface area (Å²) in [5, 5.41) is 26.5. The van der Waals surface area contributed by atoms with Gasteiger partial charge in [0.15, 0.2) is 0 Å². The predicted molar refractivity (Wildman–Crippen MR) is 154 cm³/mol. The number of nitrogen functional groups attached to an aromatic ring is 1. The summed E-state index contributed by atoms with van der Waals surface area (Å²) in [6, 6.07) is 22.4. The Morgan fingerprint density at radius 3 is 2.41 bits per heavy atom. The third-order valence-electron chi connectivity index (χ3n) is 6.99. The molecule has 0 spiro atoms. The fraction of sp³-hybridized carbons (Fsp3) is 0.0625. The summed E-state index contributed by atoms with van der Waals surface area (Å²) in [5.41, 5.74) is 9.67. The van der Waals surface area contributed by atoms with Crippen LogP contribution in [0.5, 0.6) is 5.75 Å². The van der Waals surface area contributed by atoms with Gasteiger partial charge in [0.1, 0.15) is 45.9 Å². The van der Waals surface area contributed by atoms with Gasteiger partial charge in [-0.3, -0.25) is 0 Å². The molecule has 6 rings (SSSR count). The van der Waals surface area contributed by atoms with E-state index in [4.69, 9.17) is 15.2 Å². The van der Waals surface area contributed by atoms with Crippen LogP contribution in [0.4, 0.5) is 10.2 Å². The minimum absolute atomic E-state index is 0.0306. The minimum atomic E-state index is -0.801. The molecule has 3 aromatic heterocycles. The second-order valence-corrected chi connectivity index (χ2v) is 9.62. The monoisotopic (exact) mass is 543 g/mol. The average molecular weight is 544 g/mol. The molecule has 0 aliphatic heterocycles. The first-order chi connectivity index (χ1) is 19.8. The van der Waals surface area contributed by atoms with E-state index in [0.717, 1.165) is 5.69 Å². The molecule has 0 unspecified atom stereocenters. The van der Waals surface area contributed by atoms with E-state index < -0.39 is 11.4 Å². The number of nitriles is 1. The van der Waals surface area contributed by atoms with Gasteiger partial charge >= 0.3 is 5.63 Å². The van der Waals surface area contributed by atoms with Crippen LogP contribution < -0.4 is 11.4 Å². The van der Waals surface area contributed by atoms with Crippen LogP contribution in [0.15, 0.2) is 88.2 Å². The molecule has 9 heteroatoms. The number of anilines is 1. The molecule has 6 aromatic rings. The zero-order chi connectivity index (χ0) is 28.8. The minimum Gasteiger partial charge on any atom is -0.506 e. The maximum atomic E-state index is 13.8. The van der Waals surface area contributed by atoms with E-state index in [0.29, 0.717) is 38.9 Å². The van der Waals surface area contributed by atoms with Gasteiger partial charge in [-0.15, -0.1) is 0 Å². The van der Waals surface area contributed by atoms with Crippen LogP contribution in [0.25, 0.3) is 50.3 Å². The number of halogens is 1. The number of fused-ring (bicyclic) bond motifs is 1. The number of aromatic nitrogens is 3. The smallest absolute Gasteiger partial charge is 0.349 e. The Kier molecular flexibility index (Phi) is 6.08. The van der Waals surface area contributed by atoms with Crippen molar-refractivity contribution < 1.29 is 13.9 Å². The van der Waals surface area contributed by atoms with Crippen LogP contribution in [0.2, 0.25) is 0 Å². The zero-order valence-electron chi connectivity index (χ0n) is 22.0. The van der Waals surface area contributed by atoms with Crippen LogP contribution in [0, 0.1) is 31.0 Å². The molecule has 8 nitrogen and oxygen atoms in total. The lowest BCUT2D eigenvalue weighted by Gasteiger charge is -2.13. The lowest BCUT2D eigenvalue weighted by atomic mass is 9.96. The lowest BCUT2D eigenvalue weighted by Crippen LogP contribution is -2.08. The van der Waals surface area contributed by atoms with Crippen molar-refractivity contribution in [3.05, 3.63) is 112 Å². The summed E-state index contributed by atoms with van der Waals surface area (Å²) >= 11 is 0. The van der Waals surface area contributed by atoms with Crippen LogP contribution in [0.3, 0.4) is 0 Å². The van der Waals surface area contributed by atoms with Gasteiger partial charge in [-0.25, -0.2) is 18.9 Å². The third-order valence-corrected chi connectivity index (χ3v) is 6.99. The second-order valence-electron chi connectivity index (χ2n) is 9.62. The van der Waals surface area contributed by atoms with E-state index >= 15 is 0 Å². The Labute approximate surface area is 233 Å². The highest BCUT2D eigenvalue weighted by atomic mass is 19.1. The number of pyridine rings is 1. The number of aryl methyl sites for hydroxylation is 2. The Hall–Kier alpha value is -5.75. The van der Waals surface area contributed by atoms with E-state index in [-0.39, 0.29) is 34.0 Å². The van der Waals surface area contributed by atoms with Crippen molar-refractivity contribution in [2.75, 3.05) is 5.73 Å². The van der Waals surface area contributed by atoms with Gasteiger partial charge in [0.05, 0.1) is 16.8 Å². The second kappa shape index (κ2) is 9.77. The van der Waals surface area contributed by atoms with Crippen molar-refractivity contribution in [3.63, 3.8) is 0 Å². The topological polar surface area (TPSA) is 131 Å². The molecule has 200 valence electrons. The molecule has 0 bridgehead atoms. The molecule has 41 heavy (non-hydrogen) atoms. The molecule has 0 atom stereocenters. The van der Waals surface area contributed by atoms with Gasteiger partial charge in [-0.2, -0.15) is 10.4 Å².